The van der Waals surface area contributed by atoms with Crippen LogP contribution in [0.5, 0.6) is 0 Å². The van der Waals surface area contributed by atoms with Crippen LogP contribution < -0.4 is 0 Å². The molecule has 1 fully saturated rings. The zero-order valence-electron chi connectivity index (χ0n) is 11.3. The monoisotopic (exact) mass is 316 g/mol. The van der Waals surface area contributed by atoms with Crippen LogP contribution in [0.15, 0.2) is 29.2 Å². The highest BCUT2D eigenvalue weighted by Crippen LogP contribution is 2.16. The summed E-state index contributed by atoms with van der Waals surface area (Å²) in [6.07, 6.45) is 0. The molecule has 0 saturated carbocycles. The summed E-state index contributed by atoms with van der Waals surface area (Å²) in [5.41, 5.74) is 0. The number of hydrogen-bond acceptors (Lipinski definition) is 4. The fraction of sp³-hybridized carbons (Fsp3) is 0.462. The number of amides is 1. The Labute approximate surface area is 124 Å². The number of hydrogen-bond donors (Lipinski definition) is 0. The predicted molar refractivity (Wildman–Crippen MR) is 77.6 cm³/mol. The first-order valence-electron chi connectivity index (χ1n) is 6.33. The van der Waals surface area contributed by atoms with E-state index >= 15 is 0 Å². The van der Waals surface area contributed by atoms with E-state index in [1.807, 2.05) is 7.05 Å². The second-order valence-electron chi connectivity index (χ2n) is 4.90. The molecule has 1 aromatic carbocycles. The van der Waals surface area contributed by atoms with E-state index < -0.39 is 15.6 Å². The van der Waals surface area contributed by atoms with Crippen LogP contribution in [0, 0.1) is 0 Å². The van der Waals surface area contributed by atoms with Crippen molar-refractivity contribution in [2.75, 3.05) is 39.0 Å². The molecular formula is C13H17ClN2O3S. The van der Waals surface area contributed by atoms with Crippen LogP contribution in [0.1, 0.15) is 0 Å². The number of halogens is 1. The summed E-state index contributed by atoms with van der Waals surface area (Å²) in [5, 5.41) is 0.467. The number of carbonyl (C=O) groups excluding carboxylic acids is 1. The fourth-order valence-electron chi connectivity index (χ4n) is 2.03. The molecule has 0 unspecified atom stereocenters. The quantitative estimate of drug-likeness (QED) is 0.831. The van der Waals surface area contributed by atoms with Gasteiger partial charge in [-0.15, -0.1) is 0 Å². The lowest BCUT2D eigenvalue weighted by molar-refractivity contribution is -0.129. The highest BCUT2D eigenvalue weighted by Gasteiger charge is 2.25. The number of carbonyl (C=O) groups is 1. The Balaban J connectivity index is 2.04. The molecule has 2 rings (SSSR count). The van der Waals surface area contributed by atoms with Crippen molar-refractivity contribution < 1.29 is 13.2 Å². The van der Waals surface area contributed by atoms with Crippen LogP contribution in [-0.2, 0) is 14.6 Å². The van der Waals surface area contributed by atoms with E-state index in [0.717, 1.165) is 13.1 Å². The van der Waals surface area contributed by atoms with Crippen molar-refractivity contribution in [3.05, 3.63) is 29.3 Å². The number of piperazine rings is 1. The molecule has 1 saturated heterocycles. The third kappa shape index (κ3) is 3.71. The minimum Gasteiger partial charge on any atom is -0.339 e. The van der Waals surface area contributed by atoms with Gasteiger partial charge in [0, 0.05) is 31.2 Å². The molecule has 0 aromatic heterocycles. The smallest absolute Gasteiger partial charge is 0.238 e. The van der Waals surface area contributed by atoms with Gasteiger partial charge in [0.2, 0.25) is 5.91 Å². The number of benzene rings is 1. The molecular weight excluding hydrogens is 300 g/mol. The van der Waals surface area contributed by atoms with Gasteiger partial charge < -0.3 is 9.80 Å². The lowest BCUT2D eigenvalue weighted by atomic mass is 10.3. The van der Waals surface area contributed by atoms with Crippen LogP contribution in [0.3, 0.4) is 0 Å². The van der Waals surface area contributed by atoms with Crippen molar-refractivity contribution >= 4 is 27.3 Å². The Bertz CT molecular complexity index is 578. The van der Waals surface area contributed by atoms with Gasteiger partial charge in [-0.1, -0.05) is 11.6 Å². The van der Waals surface area contributed by atoms with Gasteiger partial charge in [-0.05, 0) is 31.3 Å². The minimum absolute atomic E-state index is 0.129. The van der Waals surface area contributed by atoms with Gasteiger partial charge in [0.25, 0.3) is 0 Å². The summed E-state index contributed by atoms with van der Waals surface area (Å²) in [7, 11) is -1.62. The van der Waals surface area contributed by atoms with Crippen LogP contribution in [0.25, 0.3) is 0 Å². The van der Waals surface area contributed by atoms with E-state index in [2.05, 4.69) is 4.90 Å². The Morgan fingerprint density at radius 3 is 2.25 bits per heavy atom. The molecule has 110 valence electrons. The van der Waals surface area contributed by atoms with E-state index in [0.29, 0.717) is 18.1 Å². The van der Waals surface area contributed by atoms with E-state index in [4.69, 9.17) is 11.6 Å². The Hall–Kier alpha value is -1.11. The molecule has 1 aliphatic rings. The maximum atomic E-state index is 12.2. The lowest BCUT2D eigenvalue weighted by Crippen LogP contribution is -2.48. The largest absolute Gasteiger partial charge is 0.339 e. The zero-order chi connectivity index (χ0) is 14.8. The second kappa shape index (κ2) is 6.11. The third-order valence-corrected chi connectivity index (χ3v) is 5.21. The van der Waals surface area contributed by atoms with Crippen molar-refractivity contribution in [1.82, 2.24) is 9.80 Å². The zero-order valence-corrected chi connectivity index (χ0v) is 12.8. The first-order chi connectivity index (χ1) is 9.38. The number of sulfone groups is 1. The Kier molecular flexibility index (Phi) is 4.67. The molecule has 0 N–H and O–H groups in total. The molecule has 1 aromatic rings. The normalized spacial score (nSPS) is 17.2. The van der Waals surface area contributed by atoms with Gasteiger partial charge >= 0.3 is 0 Å². The average molecular weight is 317 g/mol. The summed E-state index contributed by atoms with van der Waals surface area (Å²) in [4.78, 5) is 15.9. The van der Waals surface area contributed by atoms with Crippen molar-refractivity contribution in [3.63, 3.8) is 0 Å². The summed E-state index contributed by atoms with van der Waals surface area (Å²) < 4.78 is 24.3. The molecule has 0 bridgehead atoms. The van der Waals surface area contributed by atoms with Gasteiger partial charge in [0.05, 0.1) is 4.90 Å². The Morgan fingerprint density at radius 1 is 1.15 bits per heavy atom. The SMILES string of the molecule is CN1CCN(C(=O)CS(=O)(=O)c2ccc(Cl)cc2)CC1. The first kappa shape index (κ1) is 15.3. The van der Waals surface area contributed by atoms with Crippen LogP contribution in [-0.4, -0.2) is 63.1 Å². The fourth-order valence-corrected chi connectivity index (χ4v) is 3.39. The highest BCUT2D eigenvalue weighted by molar-refractivity contribution is 7.92. The second-order valence-corrected chi connectivity index (χ2v) is 7.32. The standard InChI is InChI=1S/C13H17ClN2O3S/c1-15-6-8-16(9-7-15)13(17)10-20(18,19)12-4-2-11(14)3-5-12/h2-5H,6-10H2,1H3. The lowest BCUT2D eigenvalue weighted by Gasteiger charge is -2.32. The van der Waals surface area contributed by atoms with Crippen LogP contribution in [0.4, 0.5) is 0 Å². The van der Waals surface area contributed by atoms with Gasteiger partial charge in [0.1, 0.15) is 5.75 Å². The average Bonchev–Trinajstić information content (AvgIpc) is 2.39. The topological polar surface area (TPSA) is 57.7 Å². The number of likely N-dealkylation sites (N-methyl/N-ethyl adjacent to an activating group) is 1. The highest BCUT2D eigenvalue weighted by atomic mass is 35.5. The number of nitrogens with zero attached hydrogens (tertiary/aromatic N) is 2. The minimum atomic E-state index is -3.60. The molecule has 20 heavy (non-hydrogen) atoms. The van der Waals surface area contributed by atoms with E-state index in [1.165, 1.54) is 24.3 Å². The summed E-state index contributed by atoms with van der Waals surface area (Å²) in [5.74, 6) is -0.828. The van der Waals surface area contributed by atoms with Crippen molar-refractivity contribution in [1.29, 1.82) is 0 Å². The van der Waals surface area contributed by atoms with Gasteiger partial charge in [0.15, 0.2) is 9.84 Å². The van der Waals surface area contributed by atoms with Gasteiger partial charge in [-0.3, -0.25) is 4.79 Å². The maximum Gasteiger partial charge on any atom is 0.238 e. The van der Waals surface area contributed by atoms with E-state index in [9.17, 15) is 13.2 Å². The summed E-state index contributed by atoms with van der Waals surface area (Å²) in [6, 6.07) is 5.87. The molecule has 5 nitrogen and oxygen atoms in total. The molecule has 1 heterocycles. The molecule has 0 radical (unpaired) electrons. The number of rotatable bonds is 3. The van der Waals surface area contributed by atoms with Crippen molar-refractivity contribution in [3.8, 4) is 0 Å². The molecule has 7 heteroatoms. The molecule has 0 atom stereocenters. The molecule has 0 spiro atoms. The molecule has 1 aliphatic heterocycles. The predicted octanol–water partition coefficient (Wildman–Crippen LogP) is 0.888. The molecule has 1 amide bonds. The summed E-state index contributed by atoms with van der Waals surface area (Å²) >= 11 is 5.73. The van der Waals surface area contributed by atoms with Crippen molar-refractivity contribution in [2.24, 2.45) is 0 Å². The van der Waals surface area contributed by atoms with Crippen LogP contribution >= 0.6 is 11.6 Å². The summed E-state index contributed by atoms with van der Waals surface area (Å²) in [6.45, 7) is 2.69. The Morgan fingerprint density at radius 2 is 1.70 bits per heavy atom. The first-order valence-corrected chi connectivity index (χ1v) is 8.36. The van der Waals surface area contributed by atoms with Crippen molar-refractivity contribution in [2.45, 2.75) is 4.90 Å². The van der Waals surface area contributed by atoms with Gasteiger partial charge in [-0.2, -0.15) is 0 Å². The van der Waals surface area contributed by atoms with Crippen LogP contribution in [0.2, 0.25) is 5.02 Å². The van der Waals surface area contributed by atoms with Gasteiger partial charge in [-0.25, -0.2) is 8.42 Å². The van der Waals surface area contributed by atoms with E-state index in [-0.39, 0.29) is 10.8 Å². The maximum absolute atomic E-state index is 12.2. The molecule has 0 aliphatic carbocycles. The van der Waals surface area contributed by atoms with E-state index in [1.54, 1.807) is 4.90 Å². The third-order valence-electron chi connectivity index (χ3n) is 3.34.